The maximum absolute atomic E-state index is 5.80. The fourth-order valence-corrected chi connectivity index (χ4v) is 2.48. The van der Waals surface area contributed by atoms with Crippen molar-refractivity contribution in [1.82, 2.24) is 14.9 Å². The topological polar surface area (TPSA) is 41.2 Å². The Kier molecular flexibility index (Phi) is 4.86. The van der Waals surface area contributed by atoms with E-state index < -0.39 is 0 Å². The zero-order valence-corrected chi connectivity index (χ0v) is 11.9. The van der Waals surface area contributed by atoms with E-state index in [0.717, 1.165) is 50.6 Å². The van der Waals surface area contributed by atoms with Gasteiger partial charge in [0.1, 0.15) is 16.6 Å². The second kappa shape index (κ2) is 6.41. The molecule has 0 radical (unpaired) electrons. The summed E-state index contributed by atoms with van der Waals surface area (Å²) >= 11 is 5.23. The van der Waals surface area contributed by atoms with E-state index in [2.05, 4.69) is 28.7 Å². The first-order valence-corrected chi connectivity index (χ1v) is 7.07. The average Bonchev–Trinajstić information content (AvgIpc) is 2.38. The molecular weight excluding hydrogens is 246 g/mol. The first-order valence-electron chi connectivity index (χ1n) is 6.67. The largest absolute Gasteiger partial charge is 0.368 e. The van der Waals surface area contributed by atoms with Crippen molar-refractivity contribution in [2.75, 3.05) is 26.2 Å². The molecule has 0 aromatic carbocycles. The highest BCUT2D eigenvalue weighted by Gasteiger charge is 2.22. The first-order chi connectivity index (χ1) is 8.72. The second-order valence-corrected chi connectivity index (χ2v) is 5.05. The van der Waals surface area contributed by atoms with Gasteiger partial charge in [0.2, 0.25) is 0 Å². The SMILES string of the molecule is CCCc1cc(=S)nc(C2CN(CC)CCO2)[nH]1. The number of hydrogen-bond donors (Lipinski definition) is 1. The van der Waals surface area contributed by atoms with Crippen molar-refractivity contribution in [1.29, 1.82) is 0 Å². The van der Waals surface area contributed by atoms with E-state index in [-0.39, 0.29) is 6.10 Å². The number of rotatable bonds is 4. The molecule has 1 fully saturated rings. The van der Waals surface area contributed by atoms with Gasteiger partial charge in [0.05, 0.1) is 6.61 Å². The lowest BCUT2D eigenvalue weighted by molar-refractivity contribution is -0.0327. The molecule has 1 atom stereocenters. The third-order valence-corrected chi connectivity index (χ3v) is 3.45. The van der Waals surface area contributed by atoms with Crippen LogP contribution in [0.2, 0.25) is 0 Å². The van der Waals surface area contributed by atoms with Gasteiger partial charge in [0.25, 0.3) is 0 Å². The Hall–Kier alpha value is -0.780. The van der Waals surface area contributed by atoms with Crippen LogP contribution in [0.4, 0.5) is 0 Å². The number of hydrogen-bond acceptors (Lipinski definition) is 4. The third kappa shape index (κ3) is 3.37. The summed E-state index contributed by atoms with van der Waals surface area (Å²) in [6.07, 6.45) is 2.13. The molecule has 4 nitrogen and oxygen atoms in total. The Morgan fingerprint density at radius 3 is 3.11 bits per heavy atom. The van der Waals surface area contributed by atoms with E-state index in [0.29, 0.717) is 4.64 Å². The zero-order chi connectivity index (χ0) is 13.0. The normalized spacial score (nSPS) is 21.1. The van der Waals surface area contributed by atoms with Gasteiger partial charge in [-0.05, 0) is 19.0 Å². The molecule has 0 bridgehead atoms. The van der Waals surface area contributed by atoms with E-state index in [1.807, 2.05) is 6.07 Å². The van der Waals surface area contributed by atoms with Crippen molar-refractivity contribution >= 4 is 12.2 Å². The van der Waals surface area contributed by atoms with E-state index in [4.69, 9.17) is 17.0 Å². The molecule has 0 aliphatic carbocycles. The standard InChI is InChI=1S/C13H21N3OS/c1-3-5-10-8-12(18)15-13(14-10)11-9-16(4-2)6-7-17-11/h8,11H,3-7,9H2,1-2H3,(H,14,15,18). The van der Waals surface area contributed by atoms with Gasteiger partial charge < -0.3 is 9.72 Å². The van der Waals surface area contributed by atoms with Gasteiger partial charge in [-0.2, -0.15) is 0 Å². The summed E-state index contributed by atoms with van der Waals surface area (Å²) < 4.78 is 6.46. The smallest absolute Gasteiger partial charge is 0.138 e. The lowest BCUT2D eigenvalue weighted by Crippen LogP contribution is -2.38. The van der Waals surface area contributed by atoms with Crippen molar-refractivity contribution in [3.8, 4) is 0 Å². The number of H-pyrrole nitrogens is 1. The highest BCUT2D eigenvalue weighted by Crippen LogP contribution is 2.19. The molecule has 0 spiro atoms. The number of ether oxygens (including phenoxy) is 1. The van der Waals surface area contributed by atoms with Crippen LogP contribution >= 0.6 is 12.2 Å². The number of morpholine rings is 1. The second-order valence-electron chi connectivity index (χ2n) is 4.63. The van der Waals surface area contributed by atoms with Crippen molar-refractivity contribution < 1.29 is 4.74 Å². The van der Waals surface area contributed by atoms with Crippen LogP contribution in [0.25, 0.3) is 0 Å². The lowest BCUT2D eigenvalue weighted by Gasteiger charge is -2.31. The fraction of sp³-hybridized carbons (Fsp3) is 0.692. The minimum absolute atomic E-state index is 0.0252. The summed E-state index contributed by atoms with van der Waals surface area (Å²) in [6.45, 7) is 8.04. The summed E-state index contributed by atoms with van der Waals surface area (Å²) in [6, 6.07) is 1.95. The summed E-state index contributed by atoms with van der Waals surface area (Å²) in [5.74, 6) is 0.879. The summed E-state index contributed by atoms with van der Waals surface area (Å²) in [4.78, 5) is 10.2. The quantitative estimate of drug-likeness (QED) is 0.851. The maximum Gasteiger partial charge on any atom is 0.138 e. The summed E-state index contributed by atoms with van der Waals surface area (Å²) in [5.41, 5.74) is 1.16. The Morgan fingerprint density at radius 2 is 2.39 bits per heavy atom. The first kappa shape index (κ1) is 13.6. The highest BCUT2D eigenvalue weighted by molar-refractivity contribution is 7.71. The third-order valence-electron chi connectivity index (χ3n) is 3.24. The molecule has 18 heavy (non-hydrogen) atoms. The van der Waals surface area contributed by atoms with Gasteiger partial charge in [0, 0.05) is 18.8 Å². The molecule has 0 amide bonds. The highest BCUT2D eigenvalue weighted by atomic mass is 32.1. The number of aromatic nitrogens is 2. The van der Waals surface area contributed by atoms with E-state index in [1.165, 1.54) is 0 Å². The summed E-state index contributed by atoms with van der Waals surface area (Å²) in [7, 11) is 0. The number of nitrogens with one attached hydrogen (secondary N) is 1. The molecule has 2 heterocycles. The van der Waals surface area contributed by atoms with Crippen LogP contribution in [-0.2, 0) is 11.2 Å². The van der Waals surface area contributed by atoms with Crippen LogP contribution in [-0.4, -0.2) is 41.1 Å². The number of aryl methyl sites for hydroxylation is 1. The van der Waals surface area contributed by atoms with E-state index in [1.54, 1.807) is 0 Å². The zero-order valence-electron chi connectivity index (χ0n) is 11.1. The van der Waals surface area contributed by atoms with Gasteiger partial charge in [-0.15, -0.1) is 0 Å². The molecule has 1 aliphatic heterocycles. The summed E-state index contributed by atoms with van der Waals surface area (Å²) in [5, 5.41) is 0. The molecule has 1 saturated heterocycles. The van der Waals surface area contributed by atoms with E-state index in [9.17, 15) is 0 Å². The Morgan fingerprint density at radius 1 is 1.56 bits per heavy atom. The van der Waals surface area contributed by atoms with E-state index >= 15 is 0 Å². The van der Waals surface area contributed by atoms with Crippen molar-refractivity contribution in [2.24, 2.45) is 0 Å². The van der Waals surface area contributed by atoms with Gasteiger partial charge in [-0.3, -0.25) is 4.90 Å². The monoisotopic (exact) mass is 267 g/mol. The minimum atomic E-state index is 0.0252. The molecule has 100 valence electrons. The van der Waals surface area contributed by atoms with Crippen molar-refractivity contribution in [2.45, 2.75) is 32.8 Å². The number of nitrogens with zero attached hydrogens (tertiary/aromatic N) is 2. The molecule has 1 aromatic heterocycles. The van der Waals surface area contributed by atoms with Crippen LogP contribution in [0.15, 0.2) is 6.07 Å². The number of likely N-dealkylation sites (N-methyl/N-ethyl adjacent to an activating group) is 1. The molecule has 1 aliphatic rings. The van der Waals surface area contributed by atoms with Crippen molar-refractivity contribution in [3.05, 3.63) is 22.2 Å². The molecule has 0 saturated carbocycles. The molecule has 1 unspecified atom stereocenters. The molecule has 1 aromatic rings. The Balaban J connectivity index is 2.18. The molecule has 2 rings (SSSR count). The van der Waals surface area contributed by atoms with Gasteiger partial charge in [0.15, 0.2) is 0 Å². The van der Waals surface area contributed by atoms with Crippen LogP contribution < -0.4 is 0 Å². The van der Waals surface area contributed by atoms with Gasteiger partial charge in [-0.25, -0.2) is 4.98 Å². The molecular formula is C13H21N3OS. The average molecular weight is 267 g/mol. The predicted octanol–water partition coefficient (Wildman–Crippen LogP) is 2.48. The number of aromatic amines is 1. The Bertz CT molecular complexity index is 446. The fourth-order valence-electron chi connectivity index (χ4n) is 2.24. The molecule has 1 N–H and O–H groups in total. The van der Waals surface area contributed by atoms with Gasteiger partial charge in [-0.1, -0.05) is 32.5 Å². The predicted molar refractivity (Wildman–Crippen MR) is 74.2 cm³/mol. The molecule has 5 heteroatoms. The van der Waals surface area contributed by atoms with Gasteiger partial charge >= 0.3 is 0 Å². The van der Waals surface area contributed by atoms with Crippen molar-refractivity contribution in [3.63, 3.8) is 0 Å². The van der Waals surface area contributed by atoms with Crippen LogP contribution in [0, 0.1) is 4.64 Å². The van der Waals surface area contributed by atoms with Crippen LogP contribution in [0.1, 0.15) is 37.9 Å². The Labute approximate surface area is 113 Å². The van der Waals surface area contributed by atoms with Crippen LogP contribution in [0.5, 0.6) is 0 Å². The lowest BCUT2D eigenvalue weighted by atomic mass is 10.2. The van der Waals surface area contributed by atoms with Crippen LogP contribution in [0.3, 0.4) is 0 Å². The maximum atomic E-state index is 5.80. The minimum Gasteiger partial charge on any atom is -0.368 e.